The molecule has 4 atom stereocenters. The van der Waals surface area contributed by atoms with E-state index in [0.29, 0.717) is 23.5 Å². The smallest absolute Gasteiger partial charge is 0.330 e. The van der Waals surface area contributed by atoms with Crippen LogP contribution in [0.25, 0.3) is 0 Å². The summed E-state index contributed by atoms with van der Waals surface area (Å²) >= 11 is 0. The van der Waals surface area contributed by atoms with Gasteiger partial charge in [0.25, 0.3) is 14.1 Å². The minimum Gasteiger partial charge on any atom is -0.497 e. The number of aryl methyl sites for hydroxylation is 1. The average molecular weight is 821 g/mol. The highest BCUT2D eigenvalue weighted by Gasteiger charge is 2.45. The summed E-state index contributed by atoms with van der Waals surface area (Å²) in [5, 5.41) is 9.16. The summed E-state index contributed by atoms with van der Waals surface area (Å²) in [6, 6.07) is 35.7. The number of aromatic nitrogens is 2. The van der Waals surface area contributed by atoms with E-state index in [1.165, 1.54) is 10.8 Å². The maximum Gasteiger partial charge on any atom is 0.330 e. The van der Waals surface area contributed by atoms with Crippen LogP contribution in [0.4, 0.5) is 0 Å². The van der Waals surface area contributed by atoms with Crippen molar-refractivity contribution in [1.82, 2.24) is 14.2 Å². The van der Waals surface area contributed by atoms with E-state index in [1.54, 1.807) is 21.1 Å². The van der Waals surface area contributed by atoms with Gasteiger partial charge < -0.3 is 28.0 Å². The maximum atomic E-state index is 13.3. The molecular weight excluding hydrogens is 767 g/mol. The molecule has 13 heteroatoms. The van der Waals surface area contributed by atoms with Gasteiger partial charge in [-0.25, -0.2) is 9.46 Å². The maximum absolute atomic E-state index is 13.3. The third kappa shape index (κ3) is 10.0. The molecule has 1 saturated heterocycles. The number of benzene rings is 4. The molecular formula is C46H53N4O8P. The average Bonchev–Trinajstić information content (AvgIpc) is 3.64. The van der Waals surface area contributed by atoms with E-state index in [9.17, 15) is 9.59 Å². The van der Waals surface area contributed by atoms with E-state index in [2.05, 4.69) is 43.4 Å². The first-order chi connectivity index (χ1) is 28.5. The molecule has 0 aliphatic carbocycles. The lowest BCUT2D eigenvalue weighted by molar-refractivity contribution is -0.0926. The quantitative estimate of drug-likeness (QED) is 0.0681. The number of hydrogen-bond acceptors (Lipinski definition) is 10. The van der Waals surface area contributed by atoms with E-state index in [1.807, 2.05) is 103 Å². The van der Waals surface area contributed by atoms with Crippen LogP contribution in [-0.4, -0.2) is 59.3 Å². The summed E-state index contributed by atoms with van der Waals surface area (Å²) in [6.07, 6.45) is 0.0534. The summed E-state index contributed by atoms with van der Waals surface area (Å²) in [6.45, 7) is 10.4. The molecule has 5 aromatic rings. The molecule has 4 unspecified atom stereocenters. The van der Waals surface area contributed by atoms with E-state index in [-0.39, 0.29) is 31.7 Å². The van der Waals surface area contributed by atoms with Gasteiger partial charge >= 0.3 is 5.69 Å². The van der Waals surface area contributed by atoms with Crippen LogP contribution < -0.4 is 20.7 Å². The Balaban J connectivity index is 1.41. The van der Waals surface area contributed by atoms with Crippen molar-refractivity contribution in [3.8, 4) is 17.6 Å². The molecule has 1 aromatic heterocycles. The zero-order valence-electron chi connectivity index (χ0n) is 34.7. The lowest BCUT2D eigenvalue weighted by atomic mass is 9.80. The van der Waals surface area contributed by atoms with Crippen molar-refractivity contribution in [2.75, 3.05) is 20.8 Å². The number of nitriles is 1. The summed E-state index contributed by atoms with van der Waals surface area (Å²) in [5.41, 5.74) is 2.67. The molecule has 310 valence electrons. The zero-order chi connectivity index (χ0) is 42.1. The van der Waals surface area contributed by atoms with Gasteiger partial charge in [-0.05, 0) is 86.7 Å². The van der Waals surface area contributed by atoms with E-state index in [4.69, 9.17) is 33.3 Å². The van der Waals surface area contributed by atoms with Crippen molar-refractivity contribution in [2.24, 2.45) is 0 Å². The first-order valence-electron chi connectivity index (χ1n) is 19.8. The highest BCUT2D eigenvalue weighted by molar-refractivity contribution is 7.44. The minimum absolute atomic E-state index is 0.0398. The molecule has 12 nitrogen and oxygen atoms in total. The predicted octanol–water partition coefficient (Wildman–Crippen LogP) is 8.17. The number of methoxy groups -OCH3 is 2. The highest BCUT2D eigenvalue weighted by Crippen LogP contribution is 2.51. The van der Waals surface area contributed by atoms with Crippen molar-refractivity contribution >= 4 is 8.53 Å². The third-order valence-corrected chi connectivity index (χ3v) is 12.5. The number of rotatable bonds is 18. The molecule has 1 fully saturated rings. The molecule has 2 heterocycles. The van der Waals surface area contributed by atoms with Gasteiger partial charge in [-0.1, -0.05) is 78.9 Å². The van der Waals surface area contributed by atoms with Gasteiger partial charge in [-0.15, -0.1) is 0 Å². The first-order valence-corrected chi connectivity index (χ1v) is 20.9. The fraction of sp³-hybridized carbons (Fsp3) is 0.370. The molecule has 1 aliphatic rings. The van der Waals surface area contributed by atoms with Crippen LogP contribution in [0.2, 0.25) is 0 Å². The molecule has 0 bridgehead atoms. The van der Waals surface area contributed by atoms with Crippen LogP contribution in [0.5, 0.6) is 11.5 Å². The van der Waals surface area contributed by atoms with Gasteiger partial charge in [0.15, 0.2) is 0 Å². The van der Waals surface area contributed by atoms with Crippen LogP contribution in [0.3, 0.4) is 0 Å². The number of ether oxygens (including phenoxy) is 4. The fourth-order valence-electron chi connectivity index (χ4n) is 7.43. The molecule has 1 aliphatic heterocycles. The van der Waals surface area contributed by atoms with E-state index in [0.717, 1.165) is 27.8 Å². The van der Waals surface area contributed by atoms with Crippen LogP contribution in [-0.2, 0) is 37.1 Å². The Morgan fingerprint density at radius 2 is 1.41 bits per heavy atom. The minimum atomic E-state index is -1.69. The summed E-state index contributed by atoms with van der Waals surface area (Å²) in [5.74, 6) is 1.41. The van der Waals surface area contributed by atoms with Crippen LogP contribution >= 0.6 is 8.53 Å². The Labute approximate surface area is 347 Å². The SMILES string of the molecule is COc1ccc(C(OCC2OC(n3cc(C)c(=O)[nH]c3=O)CC2OP(OCc2ccc(CC#N)cc2)N(C(C)C)C(C)C)(c2ccccc2)c2ccc(OC)cc2)cc1. The number of H-pyrrole nitrogens is 1. The summed E-state index contributed by atoms with van der Waals surface area (Å²) in [4.78, 5) is 28.1. The van der Waals surface area contributed by atoms with Gasteiger partial charge in [0, 0.05) is 30.3 Å². The molecule has 0 amide bonds. The van der Waals surface area contributed by atoms with Crippen molar-refractivity contribution in [1.29, 1.82) is 5.26 Å². The van der Waals surface area contributed by atoms with Gasteiger partial charge in [0.2, 0.25) is 0 Å². The second-order valence-corrected chi connectivity index (χ2v) is 16.4. The van der Waals surface area contributed by atoms with E-state index >= 15 is 0 Å². The number of aromatic amines is 1. The largest absolute Gasteiger partial charge is 0.497 e. The van der Waals surface area contributed by atoms with E-state index < -0.39 is 43.8 Å². The molecule has 1 N–H and O–H groups in total. The van der Waals surface area contributed by atoms with Crippen molar-refractivity contribution in [2.45, 2.75) is 90.2 Å². The predicted molar refractivity (Wildman–Crippen MR) is 227 cm³/mol. The zero-order valence-corrected chi connectivity index (χ0v) is 35.6. The Bertz CT molecular complexity index is 2220. The lowest BCUT2D eigenvalue weighted by Crippen LogP contribution is -2.39. The molecule has 4 aromatic carbocycles. The summed E-state index contributed by atoms with van der Waals surface area (Å²) < 4.78 is 42.6. The van der Waals surface area contributed by atoms with Crippen molar-refractivity contribution in [3.63, 3.8) is 0 Å². The van der Waals surface area contributed by atoms with Crippen LogP contribution in [0.15, 0.2) is 119 Å². The van der Waals surface area contributed by atoms with Gasteiger partial charge in [0.1, 0.15) is 29.4 Å². The Morgan fingerprint density at radius 1 is 0.847 bits per heavy atom. The summed E-state index contributed by atoms with van der Waals surface area (Å²) in [7, 11) is 1.57. The first kappa shape index (κ1) is 43.5. The Kier molecular flexibility index (Phi) is 14.6. The Morgan fingerprint density at radius 3 is 1.95 bits per heavy atom. The molecule has 0 saturated carbocycles. The number of nitrogens with one attached hydrogen (secondary N) is 1. The molecule has 0 radical (unpaired) electrons. The van der Waals surface area contributed by atoms with Crippen LogP contribution in [0.1, 0.15) is 73.7 Å². The normalized spacial score (nSPS) is 17.3. The fourth-order valence-corrected chi connectivity index (χ4v) is 9.20. The number of hydrogen-bond donors (Lipinski definition) is 1. The Hall–Kier alpha value is -5.12. The molecule has 0 spiro atoms. The van der Waals surface area contributed by atoms with Crippen molar-refractivity contribution < 1.29 is 28.0 Å². The molecule has 59 heavy (non-hydrogen) atoms. The highest BCUT2D eigenvalue weighted by atomic mass is 31.2. The topological polar surface area (TPSA) is 137 Å². The second kappa shape index (κ2) is 19.8. The standard InChI is InChI=1S/C46H53N4O8P/c1-31(2)50(32(3)4)59(56-29-35-15-13-34(14-16-35)25-26-47)58-41-27-43(49-28-33(5)44(51)48-45(49)52)57-42(41)30-55-46(36-11-9-8-10-12-36,37-17-21-39(53-6)22-18-37)38-19-23-40(54-7)24-20-38/h8-24,28,31-32,41-43H,25,27,29-30H2,1-7H3,(H,48,51,52). The molecule has 6 rings (SSSR count). The van der Waals surface area contributed by atoms with Gasteiger partial charge in [-0.2, -0.15) is 5.26 Å². The van der Waals surface area contributed by atoms with Crippen molar-refractivity contribution in [3.05, 3.63) is 164 Å². The van der Waals surface area contributed by atoms with Gasteiger partial charge in [-0.3, -0.25) is 14.3 Å². The second-order valence-electron chi connectivity index (χ2n) is 15.0. The monoisotopic (exact) mass is 820 g/mol. The number of nitrogens with zero attached hydrogens (tertiary/aromatic N) is 3. The van der Waals surface area contributed by atoms with Crippen LogP contribution in [0, 0.1) is 18.3 Å². The lowest BCUT2D eigenvalue weighted by Gasteiger charge is -2.39. The third-order valence-electron chi connectivity index (χ3n) is 10.4. The van der Waals surface area contributed by atoms with Gasteiger partial charge in [0.05, 0.1) is 46.0 Å².